The van der Waals surface area contributed by atoms with E-state index in [2.05, 4.69) is 27.0 Å². The fraction of sp³-hybridized carbons (Fsp3) is 0.364. The topological polar surface area (TPSA) is 176 Å². The molecule has 0 fully saturated rings. The van der Waals surface area contributed by atoms with Crippen molar-refractivity contribution >= 4 is 29.0 Å². The van der Waals surface area contributed by atoms with Gasteiger partial charge in [0.1, 0.15) is 17.6 Å². The number of nitrogens with one attached hydrogen (secondary N) is 2. The number of rotatable bonds is 14. The Morgan fingerprint density at radius 1 is 1.00 bits per heavy atom. The highest BCUT2D eigenvalue weighted by Crippen LogP contribution is 2.47. The molecule has 45 heavy (non-hydrogen) atoms. The maximum absolute atomic E-state index is 13.2. The summed E-state index contributed by atoms with van der Waals surface area (Å²) in [5, 5.41) is 13.7. The first-order valence-corrected chi connectivity index (χ1v) is 15.3. The molecule has 3 aromatic carbocycles. The van der Waals surface area contributed by atoms with Gasteiger partial charge in [0.15, 0.2) is 0 Å². The molecule has 236 valence electrons. The van der Waals surface area contributed by atoms with Gasteiger partial charge in [-0.2, -0.15) is 0 Å². The minimum Gasteiger partial charge on any atom is -0.432 e. The van der Waals surface area contributed by atoms with E-state index in [4.69, 9.17) is 21.0 Å². The molecule has 12 heteroatoms. The third-order valence-electron chi connectivity index (χ3n) is 7.79. The molecule has 0 spiro atoms. The van der Waals surface area contributed by atoms with Crippen molar-refractivity contribution in [1.29, 1.82) is 0 Å². The quantitative estimate of drug-likeness (QED) is 0.0946. The van der Waals surface area contributed by atoms with Crippen LogP contribution >= 0.6 is 0 Å². The first-order valence-electron chi connectivity index (χ1n) is 15.3. The van der Waals surface area contributed by atoms with Crippen molar-refractivity contribution in [2.24, 2.45) is 11.5 Å². The van der Waals surface area contributed by atoms with E-state index in [-0.39, 0.29) is 30.4 Å². The Morgan fingerprint density at radius 2 is 1.84 bits per heavy atom. The summed E-state index contributed by atoms with van der Waals surface area (Å²) in [6, 6.07) is 18.8. The number of aromatic nitrogens is 3. The number of carbonyl (C=O) groups excluding carboxylic acids is 3. The summed E-state index contributed by atoms with van der Waals surface area (Å²) < 4.78 is 5.62. The van der Waals surface area contributed by atoms with Crippen molar-refractivity contribution in [2.75, 3.05) is 26.2 Å². The maximum Gasteiger partial charge on any atom is 0.535 e. The van der Waals surface area contributed by atoms with Crippen LogP contribution in [0.3, 0.4) is 0 Å². The normalized spacial score (nSPS) is 14.0. The van der Waals surface area contributed by atoms with Gasteiger partial charge in [-0.3, -0.25) is 14.4 Å². The van der Waals surface area contributed by atoms with E-state index >= 15 is 0 Å². The highest BCUT2D eigenvalue weighted by Gasteiger charge is 2.33. The van der Waals surface area contributed by atoms with Crippen molar-refractivity contribution in [1.82, 2.24) is 25.8 Å². The smallest absolute Gasteiger partial charge is 0.432 e. The molecule has 1 aliphatic carbocycles. The molecule has 5 rings (SSSR count). The third-order valence-corrected chi connectivity index (χ3v) is 7.79. The van der Waals surface area contributed by atoms with E-state index in [0.29, 0.717) is 61.9 Å². The number of nitrogens with zero attached hydrogens (tertiary/aromatic N) is 3. The van der Waals surface area contributed by atoms with Crippen LogP contribution in [0.4, 0.5) is 4.79 Å². The zero-order valence-corrected chi connectivity index (χ0v) is 25.3. The molecule has 0 saturated heterocycles. The van der Waals surface area contributed by atoms with E-state index in [0.717, 1.165) is 39.1 Å². The van der Waals surface area contributed by atoms with Crippen LogP contribution in [-0.2, 0) is 16.0 Å². The third kappa shape index (κ3) is 7.65. The molecule has 1 aromatic heterocycles. The molecule has 0 aliphatic heterocycles. The molecular formula is C33H39N7O5. The Balaban J connectivity index is 1.34. The van der Waals surface area contributed by atoms with Crippen LogP contribution in [0.15, 0.2) is 60.7 Å². The van der Waals surface area contributed by atoms with E-state index < -0.39 is 6.16 Å². The van der Waals surface area contributed by atoms with Crippen LogP contribution in [0, 0.1) is 0 Å². The number of aryl methyl sites for hydroxylation is 1. The summed E-state index contributed by atoms with van der Waals surface area (Å²) in [5.41, 5.74) is 17.6. The maximum atomic E-state index is 13.2. The van der Waals surface area contributed by atoms with Crippen molar-refractivity contribution < 1.29 is 24.0 Å². The number of ether oxygens (including phenoxy) is 1. The van der Waals surface area contributed by atoms with E-state index in [1.54, 1.807) is 24.3 Å². The molecule has 1 aliphatic rings. The summed E-state index contributed by atoms with van der Waals surface area (Å²) in [4.78, 5) is 44.6. The Labute approximate surface area is 261 Å². The van der Waals surface area contributed by atoms with Gasteiger partial charge in [0, 0.05) is 37.0 Å². The lowest BCUT2D eigenvalue weighted by molar-refractivity contribution is -0.121. The Hall–Kier alpha value is -4.81. The lowest BCUT2D eigenvalue weighted by Crippen LogP contribution is -2.28. The van der Waals surface area contributed by atoms with Crippen LogP contribution < -0.4 is 26.9 Å². The van der Waals surface area contributed by atoms with E-state index in [1.165, 1.54) is 0 Å². The molecule has 0 bridgehead atoms. The number of benzene rings is 3. The SMILES string of the molecule is CC(N)CCNC(=O)CCCc1ccc2c(c1)C(COC(=O)On1nnc3ccccc31)c1cccc(C(=O)NCCCN)c1-2. The second-order valence-electron chi connectivity index (χ2n) is 11.2. The van der Waals surface area contributed by atoms with Crippen LogP contribution in [0.2, 0.25) is 0 Å². The number of amides is 2. The van der Waals surface area contributed by atoms with Gasteiger partial charge in [0.25, 0.3) is 5.91 Å². The minimum atomic E-state index is -0.928. The minimum absolute atomic E-state index is 0.000505. The molecule has 0 saturated carbocycles. The number of carbonyl (C=O) groups is 3. The summed E-state index contributed by atoms with van der Waals surface area (Å²) >= 11 is 0. The second kappa shape index (κ2) is 14.8. The highest BCUT2D eigenvalue weighted by atomic mass is 16.8. The average Bonchev–Trinajstić information content (AvgIpc) is 3.58. The number of nitrogens with two attached hydrogens (primary N) is 2. The van der Waals surface area contributed by atoms with Crippen molar-refractivity contribution in [3.05, 3.63) is 82.9 Å². The lowest BCUT2D eigenvalue weighted by atomic mass is 9.95. The molecule has 2 amide bonds. The van der Waals surface area contributed by atoms with E-state index in [1.807, 2.05) is 37.3 Å². The summed E-state index contributed by atoms with van der Waals surface area (Å²) in [5.74, 6) is -0.530. The molecular weight excluding hydrogens is 574 g/mol. The summed E-state index contributed by atoms with van der Waals surface area (Å²) in [6.45, 7) is 3.41. The van der Waals surface area contributed by atoms with Gasteiger partial charge >= 0.3 is 6.16 Å². The monoisotopic (exact) mass is 613 g/mol. The molecule has 12 nitrogen and oxygen atoms in total. The molecule has 4 aromatic rings. The van der Waals surface area contributed by atoms with Crippen LogP contribution in [0.5, 0.6) is 0 Å². The zero-order valence-electron chi connectivity index (χ0n) is 25.3. The van der Waals surface area contributed by atoms with Crippen molar-refractivity contribution in [2.45, 2.75) is 51.0 Å². The van der Waals surface area contributed by atoms with Crippen molar-refractivity contribution in [3.8, 4) is 11.1 Å². The Bertz CT molecular complexity index is 1670. The highest BCUT2D eigenvalue weighted by molar-refractivity contribution is 6.03. The first-order chi connectivity index (χ1) is 21.9. The fourth-order valence-corrected chi connectivity index (χ4v) is 5.52. The van der Waals surface area contributed by atoms with Crippen LogP contribution in [0.25, 0.3) is 22.2 Å². The average molecular weight is 614 g/mol. The molecule has 1 heterocycles. The van der Waals surface area contributed by atoms with Gasteiger partial charge in [0.05, 0.1) is 0 Å². The number of hydrogen-bond acceptors (Lipinski definition) is 9. The van der Waals surface area contributed by atoms with Gasteiger partial charge in [-0.05, 0) is 90.4 Å². The molecule has 2 atom stereocenters. The van der Waals surface area contributed by atoms with Crippen LogP contribution in [0.1, 0.15) is 65.6 Å². The van der Waals surface area contributed by atoms with Crippen molar-refractivity contribution in [3.63, 3.8) is 0 Å². The molecule has 2 unspecified atom stereocenters. The van der Waals surface area contributed by atoms with Crippen LogP contribution in [-0.4, -0.2) is 65.4 Å². The fourth-order valence-electron chi connectivity index (χ4n) is 5.52. The largest absolute Gasteiger partial charge is 0.535 e. The van der Waals surface area contributed by atoms with Gasteiger partial charge in [-0.25, -0.2) is 4.79 Å². The van der Waals surface area contributed by atoms with Gasteiger partial charge in [0.2, 0.25) is 5.91 Å². The first kappa shape index (κ1) is 31.6. The molecule has 0 radical (unpaired) electrons. The predicted octanol–water partition coefficient (Wildman–Crippen LogP) is 3.06. The van der Waals surface area contributed by atoms with Gasteiger partial charge in [-0.15, -0.1) is 5.10 Å². The standard InChI is InChI=1S/C33H39N7O5/c1-21(35)15-18-36-30(41)12-4-7-22-13-14-24-26(19-22)27(23-8-5-9-25(31(23)24)32(42)37-17-6-16-34)20-44-33(43)45-40-29-11-3-2-10-28(29)38-39-40/h2-3,5,8-11,13-14,19,21,27H,4,6-7,12,15-18,20,34-35H2,1H3,(H,36,41)(H,37,42). The number of hydrogen-bond donors (Lipinski definition) is 4. The van der Waals surface area contributed by atoms with Gasteiger partial charge < -0.3 is 26.8 Å². The second-order valence-corrected chi connectivity index (χ2v) is 11.2. The summed E-state index contributed by atoms with van der Waals surface area (Å²) in [7, 11) is 0. The van der Waals surface area contributed by atoms with Gasteiger partial charge in [-0.1, -0.05) is 47.3 Å². The van der Waals surface area contributed by atoms with E-state index in [9.17, 15) is 14.4 Å². The summed E-state index contributed by atoms with van der Waals surface area (Å²) in [6.07, 6.45) is 2.23. The Morgan fingerprint density at radius 3 is 2.67 bits per heavy atom. The lowest BCUT2D eigenvalue weighted by Gasteiger charge is -2.15. The Kier molecular flexibility index (Phi) is 10.4. The number of para-hydroxylation sites is 1. The molecule has 6 N–H and O–H groups in total. The predicted molar refractivity (Wildman–Crippen MR) is 169 cm³/mol. The number of fused-ring (bicyclic) bond motifs is 4. The zero-order chi connectivity index (χ0) is 31.8.